The number of aromatic nitrogens is 4. The quantitative estimate of drug-likeness (QED) is 0.384. The molecule has 0 atom stereocenters. The second-order valence-corrected chi connectivity index (χ2v) is 8.83. The van der Waals surface area contributed by atoms with Gasteiger partial charge >= 0.3 is 5.69 Å². The Balaban J connectivity index is 1.71. The van der Waals surface area contributed by atoms with Crippen LogP contribution in [-0.4, -0.2) is 39.4 Å². The third kappa shape index (κ3) is 4.74. The number of fused-ring (bicyclic) bond motifs is 1. The molecule has 2 aromatic heterocycles. The maximum Gasteiger partial charge on any atom is 0.332 e. The van der Waals surface area contributed by atoms with Crippen molar-refractivity contribution in [3.63, 3.8) is 0 Å². The lowest BCUT2D eigenvalue weighted by atomic mass is 10.1. The predicted molar refractivity (Wildman–Crippen MR) is 138 cm³/mol. The molecular formula is C24H25Cl2N5O4. The van der Waals surface area contributed by atoms with Crippen molar-refractivity contribution in [2.45, 2.75) is 13.0 Å². The lowest BCUT2D eigenvalue weighted by Crippen LogP contribution is -2.37. The number of aryl methyl sites for hydroxylation is 1. The molecule has 0 aliphatic heterocycles. The van der Waals surface area contributed by atoms with Crippen molar-refractivity contribution in [3.8, 4) is 11.5 Å². The summed E-state index contributed by atoms with van der Waals surface area (Å²) in [5, 5.41) is 4.17. The molecule has 0 unspecified atom stereocenters. The van der Waals surface area contributed by atoms with Crippen molar-refractivity contribution in [3.05, 3.63) is 78.4 Å². The molecule has 0 saturated carbocycles. The first kappa shape index (κ1) is 24.7. The molecule has 0 fully saturated rings. The first-order chi connectivity index (χ1) is 16.7. The molecule has 2 heterocycles. The Kier molecular flexibility index (Phi) is 7.09. The molecule has 1 N–H and O–H groups in total. The zero-order valence-corrected chi connectivity index (χ0v) is 21.3. The van der Waals surface area contributed by atoms with Crippen molar-refractivity contribution < 1.29 is 9.47 Å². The lowest BCUT2D eigenvalue weighted by molar-refractivity contribution is 0.354. The third-order valence-corrected chi connectivity index (χ3v) is 6.56. The van der Waals surface area contributed by atoms with E-state index < -0.39 is 11.2 Å². The monoisotopic (exact) mass is 517 g/mol. The molecule has 0 aliphatic rings. The van der Waals surface area contributed by atoms with Crippen LogP contribution in [-0.2, 0) is 27.1 Å². The lowest BCUT2D eigenvalue weighted by Gasteiger charge is -2.13. The first-order valence-electron chi connectivity index (χ1n) is 10.8. The topological polar surface area (TPSA) is 92.3 Å². The van der Waals surface area contributed by atoms with Gasteiger partial charge in [0.2, 0.25) is 5.95 Å². The average Bonchev–Trinajstić information content (AvgIpc) is 3.21. The van der Waals surface area contributed by atoms with Crippen LogP contribution in [0.1, 0.15) is 11.1 Å². The highest BCUT2D eigenvalue weighted by atomic mass is 35.5. The minimum atomic E-state index is -0.446. The largest absolute Gasteiger partial charge is 0.493 e. The average molecular weight is 518 g/mol. The summed E-state index contributed by atoms with van der Waals surface area (Å²) >= 11 is 12.3. The summed E-state index contributed by atoms with van der Waals surface area (Å²) in [6, 6.07) is 11.0. The fourth-order valence-electron chi connectivity index (χ4n) is 3.91. The minimum Gasteiger partial charge on any atom is -0.493 e. The van der Waals surface area contributed by atoms with Gasteiger partial charge in [-0.15, -0.1) is 0 Å². The van der Waals surface area contributed by atoms with Crippen molar-refractivity contribution in [2.75, 3.05) is 26.1 Å². The number of hydrogen-bond donors (Lipinski definition) is 1. The number of imidazole rings is 1. The van der Waals surface area contributed by atoms with Crippen LogP contribution in [0.4, 0.5) is 5.95 Å². The van der Waals surface area contributed by atoms with E-state index in [4.69, 9.17) is 32.7 Å². The van der Waals surface area contributed by atoms with Gasteiger partial charge in [-0.25, -0.2) is 4.79 Å². The molecule has 2 aromatic carbocycles. The number of nitrogens with one attached hydrogen (secondary N) is 1. The van der Waals surface area contributed by atoms with Crippen LogP contribution in [0.2, 0.25) is 10.0 Å². The molecule has 0 spiro atoms. The Bertz CT molecular complexity index is 1520. The van der Waals surface area contributed by atoms with Gasteiger partial charge in [0.15, 0.2) is 22.7 Å². The summed E-state index contributed by atoms with van der Waals surface area (Å²) in [5.74, 6) is 1.77. The highest BCUT2D eigenvalue weighted by molar-refractivity contribution is 6.42. The highest BCUT2D eigenvalue weighted by Gasteiger charge is 2.19. The fourth-order valence-corrected chi connectivity index (χ4v) is 4.23. The van der Waals surface area contributed by atoms with Gasteiger partial charge in [0, 0.05) is 20.6 Å². The van der Waals surface area contributed by atoms with Crippen LogP contribution >= 0.6 is 23.2 Å². The molecular weight excluding hydrogens is 493 g/mol. The summed E-state index contributed by atoms with van der Waals surface area (Å²) in [7, 11) is 6.23. The van der Waals surface area contributed by atoms with Crippen molar-refractivity contribution in [2.24, 2.45) is 14.1 Å². The van der Waals surface area contributed by atoms with E-state index in [0.717, 1.165) is 15.7 Å². The summed E-state index contributed by atoms with van der Waals surface area (Å²) in [5.41, 5.74) is 1.60. The maximum absolute atomic E-state index is 13.1. The number of benzene rings is 2. The Morgan fingerprint density at radius 2 is 1.63 bits per heavy atom. The zero-order valence-electron chi connectivity index (χ0n) is 19.8. The smallest absolute Gasteiger partial charge is 0.332 e. The summed E-state index contributed by atoms with van der Waals surface area (Å²) in [6.07, 6.45) is 0.660. The van der Waals surface area contributed by atoms with Gasteiger partial charge in [-0.2, -0.15) is 4.98 Å². The van der Waals surface area contributed by atoms with Crippen LogP contribution in [0.5, 0.6) is 11.5 Å². The molecule has 0 aliphatic carbocycles. The van der Waals surface area contributed by atoms with E-state index in [-0.39, 0.29) is 0 Å². The Morgan fingerprint density at radius 3 is 2.31 bits per heavy atom. The number of hydrogen-bond acceptors (Lipinski definition) is 6. The Morgan fingerprint density at radius 1 is 0.914 bits per heavy atom. The molecule has 11 heteroatoms. The van der Waals surface area contributed by atoms with Gasteiger partial charge < -0.3 is 14.8 Å². The Labute approximate surface area is 211 Å². The van der Waals surface area contributed by atoms with Crippen LogP contribution in [0, 0.1) is 0 Å². The summed E-state index contributed by atoms with van der Waals surface area (Å²) in [6.45, 7) is 0.827. The van der Waals surface area contributed by atoms with E-state index in [1.54, 1.807) is 38.0 Å². The normalized spacial score (nSPS) is 11.1. The number of rotatable bonds is 8. The van der Waals surface area contributed by atoms with E-state index in [2.05, 4.69) is 10.3 Å². The standard InChI is InChI=1S/C24H25Cl2N5O4/c1-29-21-20(22(32)30(2)24(29)33)31(13-15-5-7-16(25)17(26)11-15)23(28-21)27-10-9-14-6-8-18(34-3)19(12-14)35-4/h5-8,11-12H,9-10,13H2,1-4H3,(H,27,28). The van der Waals surface area contributed by atoms with Gasteiger partial charge in [-0.05, 0) is 41.8 Å². The first-order valence-corrected chi connectivity index (χ1v) is 11.6. The van der Waals surface area contributed by atoms with E-state index in [0.29, 0.717) is 58.2 Å². The van der Waals surface area contributed by atoms with Gasteiger partial charge in [-0.3, -0.25) is 18.5 Å². The molecule has 0 saturated heterocycles. The number of methoxy groups -OCH3 is 2. The third-order valence-electron chi connectivity index (χ3n) is 5.82. The van der Waals surface area contributed by atoms with Crippen molar-refractivity contribution in [1.29, 1.82) is 0 Å². The van der Waals surface area contributed by atoms with Crippen LogP contribution in [0.3, 0.4) is 0 Å². The predicted octanol–water partition coefficient (Wildman–Crippen LogP) is 3.46. The molecule has 4 aromatic rings. The van der Waals surface area contributed by atoms with E-state index in [1.165, 1.54) is 11.6 Å². The number of ether oxygens (including phenoxy) is 2. The second kappa shape index (κ2) is 10.1. The highest BCUT2D eigenvalue weighted by Crippen LogP contribution is 2.28. The molecule has 0 amide bonds. The van der Waals surface area contributed by atoms with Crippen molar-refractivity contribution in [1.82, 2.24) is 18.7 Å². The molecule has 0 radical (unpaired) electrons. The van der Waals surface area contributed by atoms with Crippen LogP contribution in [0.15, 0.2) is 46.0 Å². The van der Waals surface area contributed by atoms with E-state index in [9.17, 15) is 9.59 Å². The second-order valence-electron chi connectivity index (χ2n) is 8.01. The summed E-state index contributed by atoms with van der Waals surface area (Å²) < 4.78 is 14.9. The van der Waals surface area contributed by atoms with Gasteiger partial charge in [0.1, 0.15) is 0 Å². The van der Waals surface area contributed by atoms with Gasteiger partial charge in [0.05, 0.1) is 30.8 Å². The SMILES string of the molecule is COc1ccc(CCNc2nc3c(c(=O)n(C)c(=O)n3C)n2Cc2ccc(Cl)c(Cl)c2)cc1OC. The molecule has 35 heavy (non-hydrogen) atoms. The molecule has 9 nitrogen and oxygen atoms in total. The van der Waals surface area contributed by atoms with Gasteiger partial charge in [-0.1, -0.05) is 35.3 Å². The van der Waals surface area contributed by atoms with Crippen LogP contribution < -0.4 is 26.0 Å². The summed E-state index contributed by atoms with van der Waals surface area (Å²) in [4.78, 5) is 30.1. The minimum absolute atomic E-state index is 0.298. The Hall–Kier alpha value is -3.43. The van der Waals surface area contributed by atoms with Crippen LogP contribution in [0.25, 0.3) is 11.2 Å². The molecule has 4 rings (SSSR count). The van der Waals surface area contributed by atoms with E-state index in [1.807, 2.05) is 24.3 Å². The fraction of sp³-hybridized carbons (Fsp3) is 0.292. The number of halogens is 2. The van der Waals surface area contributed by atoms with E-state index >= 15 is 0 Å². The van der Waals surface area contributed by atoms with Gasteiger partial charge in [0.25, 0.3) is 5.56 Å². The van der Waals surface area contributed by atoms with Crippen molar-refractivity contribution >= 4 is 40.3 Å². The molecule has 184 valence electrons. The molecule has 0 bridgehead atoms. The number of anilines is 1. The zero-order chi connectivity index (χ0) is 25.3. The number of nitrogens with zero attached hydrogens (tertiary/aromatic N) is 4. The maximum atomic E-state index is 13.1.